The third-order valence-corrected chi connectivity index (χ3v) is 8.18. The molecule has 1 N–H and O–H groups in total. The largest absolute Gasteiger partial charge is 0.325 e. The number of carbonyl (C=O) groups is 1. The fourth-order valence-corrected chi connectivity index (χ4v) is 5.29. The van der Waals surface area contributed by atoms with Crippen molar-refractivity contribution in [1.29, 1.82) is 0 Å². The van der Waals surface area contributed by atoms with E-state index in [1.165, 1.54) is 47.8 Å². The summed E-state index contributed by atoms with van der Waals surface area (Å²) in [4.78, 5) is 12.5. The maximum Gasteiger partial charge on any atom is 0.243 e. The van der Waals surface area contributed by atoms with Crippen LogP contribution in [0.4, 0.5) is 5.69 Å². The predicted molar refractivity (Wildman–Crippen MR) is 111 cm³/mol. The Bertz CT molecular complexity index is 1030. The van der Waals surface area contributed by atoms with Crippen molar-refractivity contribution < 1.29 is 21.6 Å². The maximum absolute atomic E-state index is 12.5. The normalized spacial score (nSPS) is 12.3. The second-order valence-corrected chi connectivity index (χ2v) is 10.2. The zero-order chi connectivity index (χ0) is 21.7. The molecule has 8 nitrogen and oxygen atoms in total. The van der Waals surface area contributed by atoms with Crippen molar-refractivity contribution in [1.82, 2.24) is 8.61 Å². The van der Waals surface area contributed by atoms with Crippen LogP contribution in [0, 0.1) is 0 Å². The summed E-state index contributed by atoms with van der Waals surface area (Å²) in [5, 5.41) is 2.58. The molecule has 0 aliphatic heterocycles. The van der Waals surface area contributed by atoms with Gasteiger partial charge in [0.05, 0.1) is 16.3 Å². The SMILES string of the molecule is CCN(CC)S(=O)(=O)c1ccc(NC(=O)CN(C)S(=O)(=O)c2ccccc2)cc1. The van der Waals surface area contributed by atoms with Gasteiger partial charge in [-0.2, -0.15) is 8.61 Å². The van der Waals surface area contributed by atoms with Crippen molar-refractivity contribution in [3.05, 3.63) is 54.6 Å². The van der Waals surface area contributed by atoms with E-state index in [9.17, 15) is 21.6 Å². The minimum Gasteiger partial charge on any atom is -0.325 e. The van der Waals surface area contributed by atoms with Gasteiger partial charge in [-0.3, -0.25) is 4.79 Å². The van der Waals surface area contributed by atoms with Gasteiger partial charge in [0, 0.05) is 25.8 Å². The Balaban J connectivity index is 2.06. The summed E-state index contributed by atoms with van der Waals surface area (Å²) in [5.41, 5.74) is 0.374. The summed E-state index contributed by atoms with van der Waals surface area (Å²) < 4.78 is 52.2. The number of carbonyl (C=O) groups excluding carboxylic acids is 1. The highest BCUT2D eigenvalue weighted by molar-refractivity contribution is 7.89. The molecule has 0 heterocycles. The molecule has 2 aromatic rings. The van der Waals surface area contributed by atoms with E-state index in [-0.39, 0.29) is 16.3 Å². The van der Waals surface area contributed by atoms with E-state index in [4.69, 9.17) is 0 Å². The highest BCUT2D eigenvalue weighted by Crippen LogP contribution is 2.19. The molecule has 0 saturated heterocycles. The smallest absolute Gasteiger partial charge is 0.243 e. The van der Waals surface area contributed by atoms with Gasteiger partial charge in [-0.1, -0.05) is 32.0 Å². The molecule has 0 bridgehead atoms. The van der Waals surface area contributed by atoms with Crippen LogP contribution in [0.15, 0.2) is 64.4 Å². The molecule has 0 saturated carbocycles. The van der Waals surface area contributed by atoms with E-state index in [1.54, 1.807) is 32.0 Å². The fraction of sp³-hybridized carbons (Fsp3) is 0.316. The number of nitrogens with zero attached hydrogens (tertiary/aromatic N) is 2. The number of sulfonamides is 2. The van der Waals surface area contributed by atoms with E-state index >= 15 is 0 Å². The van der Waals surface area contributed by atoms with Crippen LogP contribution in [-0.2, 0) is 24.8 Å². The second-order valence-electron chi connectivity index (χ2n) is 6.24. The molecule has 29 heavy (non-hydrogen) atoms. The fourth-order valence-electron chi connectivity index (χ4n) is 2.68. The first-order valence-electron chi connectivity index (χ1n) is 9.04. The zero-order valence-corrected chi connectivity index (χ0v) is 18.2. The number of hydrogen-bond acceptors (Lipinski definition) is 5. The first-order valence-corrected chi connectivity index (χ1v) is 11.9. The third kappa shape index (κ3) is 5.41. The van der Waals surface area contributed by atoms with Crippen molar-refractivity contribution in [2.45, 2.75) is 23.6 Å². The van der Waals surface area contributed by atoms with Crippen molar-refractivity contribution in [3.8, 4) is 0 Å². The van der Waals surface area contributed by atoms with E-state index in [0.29, 0.717) is 18.8 Å². The van der Waals surface area contributed by atoms with Crippen molar-refractivity contribution in [2.24, 2.45) is 0 Å². The second kappa shape index (κ2) is 9.49. The van der Waals surface area contributed by atoms with Crippen LogP contribution in [0.1, 0.15) is 13.8 Å². The molecule has 0 aliphatic carbocycles. The van der Waals surface area contributed by atoms with Crippen molar-refractivity contribution in [3.63, 3.8) is 0 Å². The summed E-state index contributed by atoms with van der Waals surface area (Å²) in [6.45, 7) is 3.86. The standard InChI is InChI=1S/C19H25N3O5S2/c1-4-22(5-2)29(26,27)18-13-11-16(12-14-18)20-19(23)15-21(3)28(24,25)17-9-7-6-8-10-17/h6-14H,4-5,15H2,1-3H3,(H,20,23). The van der Waals surface area contributed by atoms with Gasteiger partial charge in [-0.05, 0) is 36.4 Å². The van der Waals surface area contributed by atoms with Crippen LogP contribution < -0.4 is 5.32 Å². The highest BCUT2D eigenvalue weighted by Gasteiger charge is 2.23. The van der Waals surface area contributed by atoms with E-state index < -0.39 is 26.0 Å². The van der Waals surface area contributed by atoms with Gasteiger partial charge in [-0.15, -0.1) is 0 Å². The predicted octanol–water partition coefficient (Wildman–Crippen LogP) is 1.98. The topological polar surface area (TPSA) is 104 Å². The van der Waals surface area contributed by atoms with Crippen LogP contribution in [-0.4, -0.2) is 58.0 Å². The van der Waals surface area contributed by atoms with Crippen molar-refractivity contribution >= 4 is 31.6 Å². The van der Waals surface area contributed by atoms with E-state index in [1.807, 2.05) is 0 Å². The summed E-state index contributed by atoms with van der Waals surface area (Å²) in [6, 6.07) is 13.6. The van der Waals surface area contributed by atoms with Gasteiger partial charge in [0.25, 0.3) is 0 Å². The lowest BCUT2D eigenvalue weighted by atomic mass is 10.3. The summed E-state index contributed by atoms with van der Waals surface area (Å²) in [6.07, 6.45) is 0. The number of hydrogen-bond donors (Lipinski definition) is 1. The first-order chi connectivity index (χ1) is 13.6. The van der Waals surface area contributed by atoms with Gasteiger partial charge in [0.15, 0.2) is 0 Å². The Kier molecular flexibility index (Phi) is 7.53. The maximum atomic E-state index is 12.5. The number of anilines is 1. The van der Waals surface area contributed by atoms with Gasteiger partial charge in [-0.25, -0.2) is 16.8 Å². The molecule has 10 heteroatoms. The summed E-state index contributed by atoms with van der Waals surface area (Å²) in [7, 11) is -6.04. The molecule has 0 aliphatic rings. The Morgan fingerprint density at radius 3 is 1.86 bits per heavy atom. The van der Waals surface area contributed by atoms with Crippen LogP contribution >= 0.6 is 0 Å². The van der Waals surface area contributed by atoms with E-state index in [2.05, 4.69) is 5.32 Å². The Labute approximate surface area is 172 Å². The molecular weight excluding hydrogens is 414 g/mol. The lowest BCUT2D eigenvalue weighted by Gasteiger charge is -2.19. The Hall–Kier alpha value is -2.27. The summed E-state index contributed by atoms with van der Waals surface area (Å²) in [5.74, 6) is -0.536. The number of rotatable bonds is 9. The monoisotopic (exact) mass is 439 g/mol. The van der Waals surface area contributed by atoms with Gasteiger partial charge in [0.2, 0.25) is 26.0 Å². The molecule has 0 unspecified atom stereocenters. The molecule has 0 aromatic heterocycles. The van der Waals surface area contributed by atoms with Crippen LogP contribution in [0.2, 0.25) is 0 Å². The number of likely N-dealkylation sites (N-methyl/N-ethyl adjacent to an activating group) is 1. The number of benzene rings is 2. The molecule has 0 fully saturated rings. The number of amides is 1. The first kappa shape index (κ1) is 23.0. The third-order valence-electron chi connectivity index (χ3n) is 4.30. The lowest BCUT2D eigenvalue weighted by molar-refractivity contribution is -0.116. The van der Waals surface area contributed by atoms with Gasteiger partial charge >= 0.3 is 0 Å². The average Bonchev–Trinajstić information content (AvgIpc) is 2.69. The lowest BCUT2D eigenvalue weighted by Crippen LogP contribution is -2.35. The van der Waals surface area contributed by atoms with Crippen LogP contribution in [0.5, 0.6) is 0 Å². The average molecular weight is 440 g/mol. The molecule has 1 amide bonds. The van der Waals surface area contributed by atoms with Gasteiger partial charge < -0.3 is 5.32 Å². The number of nitrogens with one attached hydrogen (secondary N) is 1. The van der Waals surface area contributed by atoms with Crippen LogP contribution in [0.25, 0.3) is 0 Å². The van der Waals surface area contributed by atoms with Crippen LogP contribution in [0.3, 0.4) is 0 Å². The Morgan fingerprint density at radius 1 is 0.828 bits per heavy atom. The molecule has 2 rings (SSSR count). The molecule has 158 valence electrons. The molecule has 2 aromatic carbocycles. The molecule has 0 spiro atoms. The minimum atomic E-state index is -3.78. The minimum absolute atomic E-state index is 0.0984. The molecule has 0 atom stereocenters. The Morgan fingerprint density at radius 2 is 1.34 bits per heavy atom. The van der Waals surface area contributed by atoms with Crippen molar-refractivity contribution in [2.75, 3.05) is 32.0 Å². The molecule has 0 radical (unpaired) electrons. The quantitative estimate of drug-likeness (QED) is 0.643. The zero-order valence-electron chi connectivity index (χ0n) is 16.6. The van der Waals surface area contributed by atoms with E-state index in [0.717, 1.165) is 4.31 Å². The summed E-state index contributed by atoms with van der Waals surface area (Å²) >= 11 is 0. The highest BCUT2D eigenvalue weighted by atomic mass is 32.2. The van der Waals surface area contributed by atoms with Gasteiger partial charge in [0.1, 0.15) is 0 Å². The molecular formula is C19H25N3O5S2.